The molecule has 1 N–H and O–H groups in total. The molecule has 118 valence electrons. The van der Waals surface area contributed by atoms with Crippen molar-refractivity contribution in [1.82, 2.24) is 9.97 Å². The first-order chi connectivity index (χ1) is 10.7. The second kappa shape index (κ2) is 6.83. The van der Waals surface area contributed by atoms with E-state index in [1.807, 2.05) is 0 Å². The number of aromatic nitrogens is 2. The van der Waals surface area contributed by atoms with E-state index in [4.69, 9.17) is 4.74 Å². The Morgan fingerprint density at radius 1 is 1.18 bits per heavy atom. The summed E-state index contributed by atoms with van der Waals surface area (Å²) in [6.45, 7) is 2.92. The average Bonchev–Trinajstić information content (AvgIpc) is 2.57. The van der Waals surface area contributed by atoms with Crippen molar-refractivity contribution in [3.05, 3.63) is 12.4 Å². The van der Waals surface area contributed by atoms with E-state index >= 15 is 0 Å². The highest BCUT2D eigenvalue weighted by atomic mass is 16.5. The highest BCUT2D eigenvalue weighted by Gasteiger charge is 2.25. The maximum atomic E-state index is 12.2. The molecule has 0 unspecified atom stereocenters. The molecule has 0 radical (unpaired) electrons. The Bertz CT molecular complexity index is 530. The van der Waals surface area contributed by atoms with Gasteiger partial charge in [-0.15, -0.1) is 0 Å². The molecule has 0 atom stereocenters. The van der Waals surface area contributed by atoms with Crippen LogP contribution in [0.3, 0.4) is 0 Å². The average molecular weight is 304 g/mol. The third-order valence-corrected chi connectivity index (χ3v) is 4.11. The first-order valence-corrected chi connectivity index (χ1v) is 7.69. The number of ketones is 1. The van der Waals surface area contributed by atoms with Crippen LogP contribution in [0.4, 0.5) is 11.6 Å². The molecule has 2 aliphatic rings. The van der Waals surface area contributed by atoms with Crippen LogP contribution >= 0.6 is 0 Å². The molecule has 1 aromatic heterocycles. The van der Waals surface area contributed by atoms with Gasteiger partial charge in [-0.05, 0) is 12.8 Å². The van der Waals surface area contributed by atoms with E-state index in [0.717, 1.165) is 13.1 Å². The van der Waals surface area contributed by atoms with Crippen molar-refractivity contribution in [3.8, 4) is 0 Å². The van der Waals surface area contributed by atoms with Gasteiger partial charge in [0, 0.05) is 31.8 Å². The van der Waals surface area contributed by atoms with Crippen LogP contribution in [0.2, 0.25) is 0 Å². The molecule has 2 heterocycles. The summed E-state index contributed by atoms with van der Waals surface area (Å²) in [6, 6.07) is 0. The number of morpholine rings is 1. The molecular weight excluding hydrogens is 284 g/mol. The van der Waals surface area contributed by atoms with Gasteiger partial charge in [-0.2, -0.15) is 0 Å². The molecule has 1 aliphatic carbocycles. The fraction of sp³-hybridized carbons (Fsp3) is 0.600. The number of carbonyl (C=O) groups is 2. The quantitative estimate of drug-likeness (QED) is 0.897. The minimum Gasteiger partial charge on any atom is -0.378 e. The Morgan fingerprint density at radius 2 is 1.82 bits per heavy atom. The fourth-order valence-corrected chi connectivity index (χ4v) is 2.76. The molecule has 1 aromatic rings. The smallest absolute Gasteiger partial charge is 0.227 e. The van der Waals surface area contributed by atoms with Crippen molar-refractivity contribution in [3.63, 3.8) is 0 Å². The van der Waals surface area contributed by atoms with Crippen LogP contribution in [0.25, 0.3) is 0 Å². The number of carbonyl (C=O) groups excluding carboxylic acids is 2. The second-order valence-electron chi connectivity index (χ2n) is 5.67. The first-order valence-electron chi connectivity index (χ1n) is 7.69. The van der Waals surface area contributed by atoms with Crippen LogP contribution in [0.15, 0.2) is 12.4 Å². The zero-order valence-corrected chi connectivity index (χ0v) is 12.5. The molecular formula is C15H20N4O3. The minimum atomic E-state index is -0.0865. The van der Waals surface area contributed by atoms with Crippen molar-refractivity contribution in [1.29, 1.82) is 0 Å². The van der Waals surface area contributed by atoms with Gasteiger partial charge in [0.15, 0.2) is 0 Å². The number of amides is 1. The molecule has 1 saturated heterocycles. The molecule has 22 heavy (non-hydrogen) atoms. The van der Waals surface area contributed by atoms with E-state index in [1.165, 1.54) is 0 Å². The first kappa shape index (κ1) is 14.9. The molecule has 0 spiro atoms. The van der Waals surface area contributed by atoms with Crippen LogP contribution in [0, 0.1) is 5.92 Å². The number of rotatable bonds is 3. The Morgan fingerprint density at radius 3 is 2.45 bits per heavy atom. The Labute approximate surface area is 129 Å². The van der Waals surface area contributed by atoms with E-state index in [1.54, 1.807) is 12.4 Å². The number of nitrogens with zero attached hydrogens (tertiary/aromatic N) is 3. The van der Waals surface area contributed by atoms with Crippen molar-refractivity contribution in [2.75, 3.05) is 36.5 Å². The lowest BCUT2D eigenvalue weighted by Crippen LogP contribution is -2.37. The van der Waals surface area contributed by atoms with Crippen molar-refractivity contribution in [2.24, 2.45) is 5.92 Å². The summed E-state index contributed by atoms with van der Waals surface area (Å²) in [5, 5.41) is 2.84. The lowest BCUT2D eigenvalue weighted by Gasteiger charge is -2.26. The summed E-state index contributed by atoms with van der Waals surface area (Å²) < 4.78 is 5.29. The third-order valence-electron chi connectivity index (χ3n) is 4.11. The zero-order valence-electron chi connectivity index (χ0n) is 12.5. The van der Waals surface area contributed by atoms with E-state index in [0.29, 0.717) is 50.5 Å². The van der Waals surface area contributed by atoms with Crippen LogP contribution in [0.5, 0.6) is 0 Å². The van der Waals surface area contributed by atoms with Gasteiger partial charge in [-0.25, -0.2) is 9.97 Å². The Kier molecular flexibility index (Phi) is 4.62. The van der Waals surface area contributed by atoms with Crippen molar-refractivity contribution in [2.45, 2.75) is 25.7 Å². The molecule has 1 aliphatic heterocycles. The lowest BCUT2D eigenvalue weighted by atomic mass is 9.88. The Balaban J connectivity index is 1.56. The molecule has 0 bridgehead atoms. The van der Waals surface area contributed by atoms with Gasteiger partial charge in [-0.3, -0.25) is 9.59 Å². The van der Waals surface area contributed by atoms with Crippen LogP contribution in [-0.2, 0) is 14.3 Å². The largest absolute Gasteiger partial charge is 0.378 e. The lowest BCUT2D eigenvalue weighted by molar-refractivity contribution is -0.125. The topological polar surface area (TPSA) is 84.4 Å². The van der Waals surface area contributed by atoms with Crippen LogP contribution < -0.4 is 10.2 Å². The van der Waals surface area contributed by atoms with Gasteiger partial charge in [0.2, 0.25) is 11.9 Å². The molecule has 1 amide bonds. The highest BCUT2D eigenvalue weighted by molar-refractivity contribution is 5.93. The summed E-state index contributed by atoms with van der Waals surface area (Å²) in [6.07, 6.45) is 5.54. The van der Waals surface area contributed by atoms with Crippen molar-refractivity contribution >= 4 is 23.3 Å². The summed E-state index contributed by atoms with van der Waals surface area (Å²) in [5.74, 6) is 0.777. The maximum Gasteiger partial charge on any atom is 0.227 e. The van der Waals surface area contributed by atoms with E-state index in [9.17, 15) is 9.59 Å². The van der Waals surface area contributed by atoms with Gasteiger partial charge in [-0.1, -0.05) is 0 Å². The second-order valence-corrected chi connectivity index (χ2v) is 5.67. The minimum absolute atomic E-state index is 0.0461. The molecule has 7 nitrogen and oxygen atoms in total. The summed E-state index contributed by atoms with van der Waals surface area (Å²) in [7, 11) is 0. The summed E-state index contributed by atoms with van der Waals surface area (Å²) in [4.78, 5) is 34.0. The number of hydrogen-bond donors (Lipinski definition) is 1. The zero-order chi connectivity index (χ0) is 15.4. The molecule has 1 saturated carbocycles. The van der Waals surface area contributed by atoms with E-state index < -0.39 is 0 Å². The number of Topliss-reactive ketones (excluding diaryl/α,β-unsaturated/α-hetero) is 1. The highest BCUT2D eigenvalue weighted by Crippen LogP contribution is 2.23. The number of nitrogens with one attached hydrogen (secondary N) is 1. The molecule has 3 rings (SSSR count). The molecule has 0 aromatic carbocycles. The van der Waals surface area contributed by atoms with E-state index in [-0.39, 0.29) is 17.6 Å². The van der Waals surface area contributed by atoms with Crippen molar-refractivity contribution < 1.29 is 14.3 Å². The van der Waals surface area contributed by atoms with Gasteiger partial charge in [0.05, 0.1) is 31.3 Å². The van der Waals surface area contributed by atoms with Gasteiger partial charge in [0.1, 0.15) is 5.78 Å². The molecule has 2 fully saturated rings. The molecule has 7 heteroatoms. The number of anilines is 2. The van der Waals surface area contributed by atoms with Gasteiger partial charge in [0.25, 0.3) is 0 Å². The number of ether oxygens (including phenoxy) is 1. The number of hydrogen-bond acceptors (Lipinski definition) is 6. The van der Waals surface area contributed by atoms with Gasteiger partial charge >= 0.3 is 0 Å². The predicted octanol–water partition coefficient (Wildman–Crippen LogP) is 1.01. The van der Waals surface area contributed by atoms with E-state index in [2.05, 4.69) is 20.2 Å². The van der Waals surface area contributed by atoms with Crippen LogP contribution in [-0.4, -0.2) is 48.0 Å². The standard InChI is InChI=1S/C15H20N4O3/c20-13-3-1-11(2-4-13)14(21)18-12-9-16-15(17-10-12)19-5-7-22-8-6-19/h9-11H,1-8H2,(H,18,21). The summed E-state index contributed by atoms with van der Waals surface area (Å²) >= 11 is 0. The third kappa shape index (κ3) is 3.59. The SMILES string of the molecule is O=C1CCC(C(=O)Nc2cnc(N3CCOCC3)nc2)CC1. The Hall–Kier alpha value is -2.02. The summed E-state index contributed by atoms with van der Waals surface area (Å²) in [5.41, 5.74) is 0.596. The predicted molar refractivity (Wildman–Crippen MR) is 80.7 cm³/mol. The van der Waals surface area contributed by atoms with Crippen LogP contribution in [0.1, 0.15) is 25.7 Å². The maximum absolute atomic E-state index is 12.2. The van der Waals surface area contributed by atoms with Gasteiger partial charge < -0.3 is 15.0 Å². The monoisotopic (exact) mass is 304 g/mol. The fourth-order valence-electron chi connectivity index (χ4n) is 2.76. The normalized spacial score (nSPS) is 20.0.